The highest BCUT2D eigenvalue weighted by atomic mass is 32.2. The van der Waals surface area contributed by atoms with Crippen LogP contribution in [0.2, 0.25) is 0 Å². The van der Waals surface area contributed by atoms with E-state index in [4.69, 9.17) is 0 Å². The van der Waals surface area contributed by atoms with E-state index in [1.165, 1.54) is 6.07 Å². The molecule has 2 atom stereocenters. The Morgan fingerprint density at radius 1 is 1.32 bits per heavy atom. The molecule has 0 spiro atoms. The van der Waals surface area contributed by atoms with Gasteiger partial charge in [0.05, 0.1) is 5.75 Å². The molecule has 0 aromatic heterocycles. The lowest BCUT2D eigenvalue weighted by molar-refractivity contribution is -0.122. The molecule has 1 fully saturated rings. The Bertz CT molecular complexity index is 644. The largest absolute Gasteiger partial charge is 0.355 e. The highest BCUT2D eigenvalue weighted by Crippen LogP contribution is 2.49. The van der Waals surface area contributed by atoms with Crippen LogP contribution in [-0.2, 0) is 14.8 Å². The smallest absolute Gasteiger partial charge is 0.223 e. The zero-order chi connectivity index (χ0) is 16.3. The lowest BCUT2D eigenvalue weighted by Crippen LogP contribution is -2.35. The number of halogens is 2. The molecule has 1 aliphatic carbocycles. The third-order valence-corrected chi connectivity index (χ3v) is 5.00. The molecule has 122 valence electrons. The number of nitrogens with one attached hydrogen (secondary N) is 2. The Balaban J connectivity index is 1.87. The van der Waals surface area contributed by atoms with Gasteiger partial charge in [-0.05, 0) is 18.6 Å². The maximum absolute atomic E-state index is 13.6. The molecule has 2 rings (SSSR count). The lowest BCUT2D eigenvalue weighted by atomic mass is 10.1. The topological polar surface area (TPSA) is 75.3 Å². The van der Waals surface area contributed by atoms with E-state index in [1.54, 1.807) is 6.92 Å². The summed E-state index contributed by atoms with van der Waals surface area (Å²) in [5.74, 6) is -2.90. The predicted octanol–water partition coefficient (Wildman–Crippen LogP) is 1.12. The average Bonchev–Trinajstić information content (AvgIpc) is 3.18. The number of carbonyl (C=O) groups is 1. The molecule has 0 heterocycles. The third kappa shape index (κ3) is 4.01. The molecule has 0 radical (unpaired) electrons. The summed E-state index contributed by atoms with van der Waals surface area (Å²) in [7, 11) is -3.40. The molecule has 0 bridgehead atoms. The van der Waals surface area contributed by atoms with Crippen LogP contribution in [0.4, 0.5) is 8.78 Å². The van der Waals surface area contributed by atoms with Crippen molar-refractivity contribution in [2.45, 2.75) is 19.3 Å². The van der Waals surface area contributed by atoms with E-state index in [-0.39, 0.29) is 30.3 Å². The van der Waals surface area contributed by atoms with Crippen molar-refractivity contribution in [2.24, 2.45) is 5.92 Å². The van der Waals surface area contributed by atoms with Gasteiger partial charge in [0, 0.05) is 30.5 Å². The Morgan fingerprint density at radius 3 is 2.55 bits per heavy atom. The van der Waals surface area contributed by atoms with Gasteiger partial charge in [0.1, 0.15) is 11.6 Å². The molecule has 5 nitrogen and oxygen atoms in total. The standard InChI is InChI=1S/C14H18F2N2O3S/c1-2-18-22(20,21)7-6-17-14(19)10-8-9(10)13-11(15)4-3-5-12(13)16/h3-5,9-10,18H,2,6-8H2,1H3,(H,17,19)/t9-,10-/m1/s1. The highest BCUT2D eigenvalue weighted by Gasteiger charge is 2.46. The molecular weight excluding hydrogens is 314 g/mol. The van der Waals surface area contributed by atoms with Gasteiger partial charge in [-0.25, -0.2) is 21.9 Å². The predicted molar refractivity (Wildman–Crippen MR) is 77.7 cm³/mol. The summed E-state index contributed by atoms with van der Waals surface area (Å²) in [6.07, 6.45) is 0.365. The van der Waals surface area contributed by atoms with Crippen LogP contribution in [0.5, 0.6) is 0 Å². The van der Waals surface area contributed by atoms with Crippen molar-refractivity contribution < 1.29 is 22.0 Å². The minimum Gasteiger partial charge on any atom is -0.355 e. The first kappa shape index (κ1) is 16.8. The Kier molecular flexibility index (Phi) is 5.12. The quantitative estimate of drug-likeness (QED) is 0.786. The maximum atomic E-state index is 13.6. The van der Waals surface area contributed by atoms with Gasteiger partial charge in [-0.3, -0.25) is 4.79 Å². The van der Waals surface area contributed by atoms with E-state index < -0.39 is 33.5 Å². The highest BCUT2D eigenvalue weighted by molar-refractivity contribution is 7.89. The van der Waals surface area contributed by atoms with Gasteiger partial charge in [-0.2, -0.15) is 0 Å². The molecule has 1 aromatic carbocycles. The minimum atomic E-state index is -3.40. The number of carbonyl (C=O) groups excluding carboxylic acids is 1. The molecule has 8 heteroatoms. The molecule has 1 aliphatic rings. The van der Waals surface area contributed by atoms with Crippen LogP contribution >= 0.6 is 0 Å². The monoisotopic (exact) mass is 332 g/mol. The van der Waals surface area contributed by atoms with E-state index in [0.29, 0.717) is 6.42 Å². The first-order valence-electron chi connectivity index (χ1n) is 7.04. The van der Waals surface area contributed by atoms with Crippen molar-refractivity contribution >= 4 is 15.9 Å². The summed E-state index contributed by atoms with van der Waals surface area (Å²) >= 11 is 0. The summed E-state index contributed by atoms with van der Waals surface area (Å²) in [6, 6.07) is 3.60. The van der Waals surface area contributed by atoms with Crippen molar-refractivity contribution in [3.63, 3.8) is 0 Å². The van der Waals surface area contributed by atoms with Crippen LogP contribution in [0.25, 0.3) is 0 Å². The van der Waals surface area contributed by atoms with Crippen molar-refractivity contribution in [3.05, 3.63) is 35.4 Å². The van der Waals surface area contributed by atoms with Gasteiger partial charge >= 0.3 is 0 Å². The average molecular weight is 332 g/mol. The zero-order valence-corrected chi connectivity index (χ0v) is 12.9. The molecule has 0 aliphatic heterocycles. The summed E-state index contributed by atoms with van der Waals surface area (Å²) in [4.78, 5) is 11.9. The second-order valence-electron chi connectivity index (χ2n) is 5.19. The van der Waals surface area contributed by atoms with Crippen molar-refractivity contribution in [3.8, 4) is 0 Å². The SMILES string of the molecule is CCNS(=O)(=O)CCNC(=O)[C@@H]1C[C@H]1c1c(F)cccc1F. The second kappa shape index (κ2) is 6.70. The van der Waals surface area contributed by atoms with Gasteiger partial charge in [-0.15, -0.1) is 0 Å². The Labute approximate surface area is 128 Å². The van der Waals surface area contributed by atoms with Gasteiger partial charge in [0.25, 0.3) is 0 Å². The molecular formula is C14H18F2N2O3S. The summed E-state index contributed by atoms with van der Waals surface area (Å²) in [5, 5.41) is 2.49. The van der Waals surface area contributed by atoms with Crippen LogP contribution in [0.3, 0.4) is 0 Å². The van der Waals surface area contributed by atoms with Crippen molar-refractivity contribution in [1.82, 2.24) is 10.0 Å². The molecule has 2 N–H and O–H groups in total. The number of amides is 1. The third-order valence-electron chi connectivity index (χ3n) is 3.53. The normalized spacial score (nSPS) is 20.7. The molecule has 0 saturated heterocycles. The van der Waals surface area contributed by atoms with E-state index >= 15 is 0 Å². The lowest BCUT2D eigenvalue weighted by Gasteiger charge is -2.07. The van der Waals surface area contributed by atoms with Crippen LogP contribution in [-0.4, -0.2) is 33.2 Å². The first-order chi connectivity index (χ1) is 10.4. The summed E-state index contributed by atoms with van der Waals surface area (Å²) in [5.41, 5.74) is -0.0667. The maximum Gasteiger partial charge on any atom is 0.223 e. The fourth-order valence-electron chi connectivity index (χ4n) is 2.40. The molecule has 0 unspecified atom stereocenters. The van der Waals surface area contributed by atoms with Gasteiger partial charge in [0.2, 0.25) is 15.9 Å². The molecule has 1 aromatic rings. The van der Waals surface area contributed by atoms with E-state index in [2.05, 4.69) is 10.0 Å². The van der Waals surface area contributed by atoms with Crippen molar-refractivity contribution in [1.29, 1.82) is 0 Å². The summed E-state index contributed by atoms with van der Waals surface area (Å²) < 4.78 is 52.4. The van der Waals surface area contributed by atoms with Crippen molar-refractivity contribution in [2.75, 3.05) is 18.8 Å². The number of hydrogen-bond donors (Lipinski definition) is 2. The minimum absolute atomic E-state index is 0.0306. The van der Waals surface area contributed by atoms with Crippen LogP contribution in [0, 0.1) is 17.6 Å². The van der Waals surface area contributed by atoms with Crippen LogP contribution in [0.15, 0.2) is 18.2 Å². The van der Waals surface area contributed by atoms with E-state index in [1.807, 2.05) is 0 Å². The van der Waals surface area contributed by atoms with E-state index in [0.717, 1.165) is 12.1 Å². The van der Waals surface area contributed by atoms with Crippen LogP contribution < -0.4 is 10.0 Å². The van der Waals surface area contributed by atoms with Gasteiger partial charge < -0.3 is 5.32 Å². The van der Waals surface area contributed by atoms with Gasteiger partial charge in [-0.1, -0.05) is 13.0 Å². The fourth-order valence-corrected chi connectivity index (χ4v) is 3.36. The summed E-state index contributed by atoms with van der Waals surface area (Å²) in [6.45, 7) is 1.92. The molecule has 1 amide bonds. The zero-order valence-electron chi connectivity index (χ0n) is 12.1. The van der Waals surface area contributed by atoms with Crippen LogP contribution in [0.1, 0.15) is 24.8 Å². The molecule has 1 saturated carbocycles. The van der Waals surface area contributed by atoms with Gasteiger partial charge in [0.15, 0.2) is 0 Å². The Morgan fingerprint density at radius 2 is 1.95 bits per heavy atom. The number of rotatable bonds is 7. The number of benzene rings is 1. The fraction of sp³-hybridized carbons (Fsp3) is 0.500. The molecule has 22 heavy (non-hydrogen) atoms. The second-order valence-corrected chi connectivity index (χ2v) is 7.12. The number of sulfonamides is 1. The number of hydrogen-bond acceptors (Lipinski definition) is 3. The van der Waals surface area contributed by atoms with E-state index in [9.17, 15) is 22.0 Å². The first-order valence-corrected chi connectivity index (χ1v) is 8.70. The Hall–Kier alpha value is -1.54.